The lowest BCUT2D eigenvalue weighted by Gasteiger charge is -2.31. The monoisotopic (exact) mass is 281 g/mol. The number of nitriles is 1. The van der Waals surface area contributed by atoms with Crippen molar-refractivity contribution in [2.24, 2.45) is 0 Å². The molecule has 0 saturated carbocycles. The maximum absolute atomic E-state index is 9.79. The Morgan fingerprint density at radius 2 is 1.95 bits per heavy atom. The van der Waals surface area contributed by atoms with Gasteiger partial charge in [0.15, 0.2) is 0 Å². The lowest BCUT2D eigenvalue weighted by molar-refractivity contribution is 0.224. The van der Waals surface area contributed by atoms with Gasteiger partial charge in [0.25, 0.3) is 0 Å². The first-order valence-electron chi connectivity index (χ1n) is 6.79. The molecule has 0 heterocycles. The Labute approximate surface area is 124 Å². The van der Waals surface area contributed by atoms with Crippen molar-refractivity contribution < 1.29 is 5.11 Å². The van der Waals surface area contributed by atoms with Crippen LogP contribution in [0.5, 0.6) is 0 Å². The van der Waals surface area contributed by atoms with Crippen LogP contribution in [0.2, 0.25) is 0 Å². The second kappa shape index (κ2) is 6.29. The predicted molar refractivity (Wildman–Crippen MR) is 84.7 cm³/mol. The summed E-state index contributed by atoms with van der Waals surface area (Å²) in [6.07, 6.45) is 0.266. The zero-order chi connectivity index (χ0) is 15.3. The van der Waals surface area contributed by atoms with Gasteiger partial charge < -0.3 is 16.2 Å². The van der Waals surface area contributed by atoms with Crippen LogP contribution in [0.4, 0.5) is 11.4 Å². The van der Waals surface area contributed by atoms with Crippen molar-refractivity contribution in [3.63, 3.8) is 0 Å². The maximum atomic E-state index is 9.79. The molecule has 21 heavy (non-hydrogen) atoms. The third kappa shape index (κ3) is 3.33. The molecule has 0 spiro atoms. The molecule has 1 unspecified atom stereocenters. The number of hydrogen-bond acceptors (Lipinski definition) is 4. The van der Waals surface area contributed by atoms with E-state index in [9.17, 15) is 5.11 Å². The molecule has 0 saturated heterocycles. The van der Waals surface area contributed by atoms with Crippen LogP contribution in [0.15, 0.2) is 48.5 Å². The maximum Gasteiger partial charge on any atom is 0.0828 e. The first-order valence-corrected chi connectivity index (χ1v) is 6.79. The van der Waals surface area contributed by atoms with Crippen LogP contribution in [0.3, 0.4) is 0 Å². The van der Waals surface area contributed by atoms with Crippen LogP contribution in [0.25, 0.3) is 0 Å². The van der Waals surface area contributed by atoms with Gasteiger partial charge in [-0.3, -0.25) is 0 Å². The second-order valence-electron chi connectivity index (χ2n) is 5.23. The van der Waals surface area contributed by atoms with Gasteiger partial charge in [0.1, 0.15) is 0 Å². The highest BCUT2D eigenvalue weighted by Gasteiger charge is 2.25. The normalized spacial score (nSPS) is 13.2. The number of hydrogen-bond donors (Lipinski definition) is 3. The molecular weight excluding hydrogens is 262 g/mol. The Bertz CT molecular complexity index is 649. The SMILES string of the molecule is CC(CO)(Nc1ccc(N)c(CC#N)c1)c1ccccc1. The Morgan fingerprint density at radius 3 is 2.57 bits per heavy atom. The molecule has 4 heteroatoms. The number of rotatable bonds is 5. The summed E-state index contributed by atoms with van der Waals surface area (Å²) in [6, 6.07) is 17.3. The van der Waals surface area contributed by atoms with Crippen LogP contribution in [0.1, 0.15) is 18.1 Å². The number of nitrogens with one attached hydrogen (secondary N) is 1. The minimum atomic E-state index is -0.596. The van der Waals surface area contributed by atoms with Crippen molar-refractivity contribution >= 4 is 11.4 Å². The standard InChI is InChI=1S/C17H19N3O/c1-17(12-21,14-5-3-2-4-6-14)20-15-7-8-16(19)13(11-15)9-10-18/h2-8,11,20-21H,9,12,19H2,1H3. The molecule has 0 bridgehead atoms. The van der Waals surface area contributed by atoms with Crippen molar-refractivity contribution in [2.75, 3.05) is 17.7 Å². The van der Waals surface area contributed by atoms with Crippen LogP contribution in [-0.2, 0) is 12.0 Å². The Morgan fingerprint density at radius 1 is 1.24 bits per heavy atom. The third-order valence-corrected chi connectivity index (χ3v) is 3.56. The van der Waals surface area contributed by atoms with Crippen LogP contribution >= 0.6 is 0 Å². The molecule has 0 aliphatic rings. The lowest BCUT2D eigenvalue weighted by Crippen LogP contribution is -2.35. The molecule has 4 N–H and O–H groups in total. The fraction of sp³-hybridized carbons (Fsp3) is 0.235. The van der Waals surface area contributed by atoms with Crippen molar-refractivity contribution in [1.29, 1.82) is 5.26 Å². The van der Waals surface area contributed by atoms with E-state index in [0.717, 1.165) is 16.8 Å². The average Bonchev–Trinajstić information content (AvgIpc) is 2.51. The van der Waals surface area contributed by atoms with Crippen LogP contribution in [-0.4, -0.2) is 11.7 Å². The van der Waals surface area contributed by atoms with E-state index in [2.05, 4.69) is 11.4 Å². The van der Waals surface area contributed by atoms with Crippen molar-refractivity contribution in [1.82, 2.24) is 0 Å². The molecule has 0 aliphatic heterocycles. The Hall–Kier alpha value is -2.51. The first-order chi connectivity index (χ1) is 10.1. The molecule has 108 valence electrons. The van der Waals surface area contributed by atoms with Gasteiger partial charge in [-0.05, 0) is 36.2 Å². The molecule has 0 aromatic heterocycles. The summed E-state index contributed by atoms with van der Waals surface area (Å²) in [6.45, 7) is 1.89. The fourth-order valence-electron chi connectivity index (χ4n) is 2.25. The zero-order valence-electron chi connectivity index (χ0n) is 12.0. The number of aliphatic hydroxyl groups is 1. The van der Waals surface area contributed by atoms with Crippen molar-refractivity contribution in [2.45, 2.75) is 18.9 Å². The summed E-state index contributed by atoms with van der Waals surface area (Å²) in [7, 11) is 0. The number of aliphatic hydroxyl groups excluding tert-OH is 1. The summed E-state index contributed by atoms with van der Waals surface area (Å²) >= 11 is 0. The summed E-state index contributed by atoms with van der Waals surface area (Å²) in [5.41, 5.74) is 8.47. The van der Waals surface area contributed by atoms with Gasteiger partial charge in [-0.1, -0.05) is 30.3 Å². The second-order valence-corrected chi connectivity index (χ2v) is 5.23. The van der Waals surface area contributed by atoms with E-state index in [1.807, 2.05) is 49.4 Å². The molecule has 2 aromatic carbocycles. The molecule has 2 aromatic rings. The van der Waals surface area contributed by atoms with E-state index in [1.54, 1.807) is 6.07 Å². The van der Waals surface area contributed by atoms with Crippen LogP contribution < -0.4 is 11.1 Å². The van der Waals surface area contributed by atoms with Gasteiger partial charge in [-0.25, -0.2) is 0 Å². The van der Waals surface area contributed by atoms with Gasteiger partial charge in [0.2, 0.25) is 0 Å². The highest BCUT2D eigenvalue weighted by molar-refractivity contribution is 5.59. The highest BCUT2D eigenvalue weighted by Crippen LogP contribution is 2.27. The number of benzene rings is 2. The summed E-state index contributed by atoms with van der Waals surface area (Å²) < 4.78 is 0. The largest absolute Gasteiger partial charge is 0.398 e. The smallest absolute Gasteiger partial charge is 0.0828 e. The van der Waals surface area contributed by atoms with E-state index < -0.39 is 5.54 Å². The summed E-state index contributed by atoms with van der Waals surface area (Å²) in [5, 5.41) is 21.9. The summed E-state index contributed by atoms with van der Waals surface area (Å²) in [4.78, 5) is 0. The van der Waals surface area contributed by atoms with Gasteiger partial charge in [-0.2, -0.15) is 5.26 Å². The molecule has 1 atom stereocenters. The van der Waals surface area contributed by atoms with Crippen molar-refractivity contribution in [3.8, 4) is 6.07 Å². The molecule has 0 fully saturated rings. The van der Waals surface area contributed by atoms with E-state index in [4.69, 9.17) is 11.0 Å². The number of nitrogens with two attached hydrogens (primary N) is 1. The highest BCUT2D eigenvalue weighted by atomic mass is 16.3. The molecule has 0 aliphatic carbocycles. The van der Waals surface area contributed by atoms with Gasteiger partial charge in [0.05, 0.1) is 24.6 Å². The predicted octanol–water partition coefficient (Wildman–Crippen LogP) is 2.65. The van der Waals surface area contributed by atoms with Crippen LogP contribution in [0, 0.1) is 11.3 Å². The van der Waals surface area contributed by atoms with Gasteiger partial charge in [-0.15, -0.1) is 0 Å². The first kappa shape index (κ1) is 14.9. The molecule has 2 rings (SSSR count). The Kier molecular flexibility index (Phi) is 4.46. The minimum absolute atomic E-state index is 0.0467. The minimum Gasteiger partial charge on any atom is -0.398 e. The number of anilines is 2. The quantitative estimate of drug-likeness (QED) is 0.736. The zero-order valence-corrected chi connectivity index (χ0v) is 12.0. The lowest BCUT2D eigenvalue weighted by atomic mass is 9.92. The summed E-state index contributed by atoms with van der Waals surface area (Å²) in [5.74, 6) is 0. The van der Waals surface area contributed by atoms with Gasteiger partial charge >= 0.3 is 0 Å². The molecule has 4 nitrogen and oxygen atoms in total. The van der Waals surface area contributed by atoms with Crippen molar-refractivity contribution in [3.05, 3.63) is 59.7 Å². The van der Waals surface area contributed by atoms with E-state index in [0.29, 0.717) is 5.69 Å². The fourth-order valence-corrected chi connectivity index (χ4v) is 2.25. The van der Waals surface area contributed by atoms with Gasteiger partial charge in [0, 0.05) is 11.4 Å². The number of nitrogen functional groups attached to an aromatic ring is 1. The van der Waals surface area contributed by atoms with E-state index in [1.165, 1.54) is 0 Å². The number of nitrogens with zero attached hydrogens (tertiary/aromatic N) is 1. The molecule has 0 amide bonds. The molecular formula is C17H19N3O. The molecule has 0 radical (unpaired) electrons. The topological polar surface area (TPSA) is 82.1 Å². The average molecular weight is 281 g/mol. The van der Waals surface area contributed by atoms with E-state index in [-0.39, 0.29) is 13.0 Å². The third-order valence-electron chi connectivity index (χ3n) is 3.56. The van der Waals surface area contributed by atoms with E-state index >= 15 is 0 Å². The Balaban J connectivity index is 2.31.